The highest BCUT2D eigenvalue weighted by molar-refractivity contribution is 7.89. The van der Waals surface area contributed by atoms with Crippen LogP contribution in [0.2, 0.25) is 0 Å². The van der Waals surface area contributed by atoms with Gasteiger partial charge in [0.1, 0.15) is 11.8 Å². The van der Waals surface area contributed by atoms with Crippen LogP contribution in [0.4, 0.5) is 0 Å². The Morgan fingerprint density at radius 2 is 1.68 bits per heavy atom. The zero-order valence-electron chi connectivity index (χ0n) is 22.2. The van der Waals surface area contributed by atoms with Crippen molar-refractivity contribution in [2.45, 2.75) is 50.7 Å². The van der Waals surface area contributed by atoms with Crippen LogP contribution >= 0.6 is 0 Å². The molecule has 0 aromatic heterocycles. The van der Waals surface area contributed by atoms with Crippen molar-refractivity contribution in [3.05, 3.63) is 60.2 Å². The number of nitrogens with zero attached hydrogens (tertiary/aromatic N) is 3. The number of carbonyl (C=O) groups excluding carboxylic acids is 3. The lowest BCUT2D eigenvalue weighted by Crippen LogP contribution is -2.62. The topological polar surface area (TPSA) is 114 Å². The summed E-state index contributed by atoms with van der Waals surface area (Å²) in [6, 6.07) is 14.0. The van der Waals surface area contributed by atoms with Crippen molar-refractivity contribution in [3.8, 4) is 5.75 Å². The van der Waals surface area contributed by atoms with Gasteiger partial charge in [-0.3, -0.25) is 14.4 Å². The molecule has 206 valence electrons. The zero-order valence-corrected chi connectivity index (χ0v) is 23.0. The van der Waals surface area contributed by atoms with Gasteiger partial charge in [-0.25, -0.2) is 8.42 Å². The molecule has 11 heteroatoms. The average Bonchev–Trinajstić information content (AvgIpc) is 2.91. The maximum atomic E-state index is 13.9. The molecular formula is C27H35N3O7S. The van der Waals surface area contributed by atoms with Crippen molar-refractivity contribution >= 4 is 27.8 Å². The minimum absolute atomic E-state index is 0.00560. The van der Waals surface area contributed by atoms with Crippen molar-refractivity contribution in [1.82, 2.24) is 14.1 Å². The third kappa shape index (κ3) is 7.11. The number of methoxy groups -OCH3 is 1. The number of benzene rings is 2. The Labute approximate surface area is 224 Å². The van der Waals surface area contributed by atoms with Gasteiger partial charge in [0.05, 0.1) is 25.0 Å². The molecule has 1 aliphatic rings. The minimum atomic E-state index is -4.07. The molecule has 0 bridgehead atoms. The predicted octanol–water partition coefficient (Wildman–Crippen LogP) is 2.29. The molecule has 2 aromatic carbocycles. The number of hydrogen-bond acceptors (Lipinski definition) is 7. The van der Waals surface area contributed by atoms with E-state index in [2.05, 4.69) is 4.74 Å². The van der Waals surface area contributed by atoms with Crippen LogP contribution in [0, 0.1) is 0 Å². The van der Waals surface area contributed by atoms with Crippen LogP contribution in [-0.2, 0) is 35.7 Å². The summed E-state index contributed by atoms with van der Waals surface area (Å²) in [5.74, 6) is -0.586. The van der Waals surface area contributed by atoms with E-state index in [-0.39, 0.29) is 55.4 Å². The number of piperazine rings is 1. The molecule has 0 spiro atoms. The molecule has 0 radical (unpaired) electrons. The van der Waals surface area contributed by atoms with Gasteiger partial charge in [0.15, 0.2) is 0 Å². The molecule has 1 heterocycles. The molecule has 0 aliphatic carbocycles. The number of hydrogen-bond donors (Lipinski definition) is 0. The minimum Gasteiger partial charge on any atom is -0.493 e. The molecule has 1 saturated heterocycles. The molecule has 10 nitrogen and oxygen atoms in total. The van der Waals surface area contributed by atoms with Crippen LogP contribution in [0.15, 0.2) is 59.5 Å². The van der Waals surface area contributed by atoms with Gasteiger partial charge in [-0.1, -0.05) is 30.3 Å². The van der Waals surface area contributed by atoms with Gasteiger partial charge >= 0.3 is 5.97 Å². The molecule has 0 N–H and O–H groups in total. The maximum Gasteiger partial charge on any atom is 0.308 e. The molecule has 38 heavy (non-hydrogen) atoms. The van der Waals surface area contributed by atoms with Gasteiger partial charge in [0, 0.05) is 39.1 Å². The second-order valence-electron chi connectivity index (χ2n) is 9.29. The van der Waals surface area contributed by atoms with E-state index in [0.717, 1.165) is 5.56 Å². The zero-order chi connectivity index (χ0) is 27.9. The van der Waals surface area contributed by atoms with Crippen LogP contribution in [-0.4, -0.2) is 85.7 Å². The fraction of sp³-hybridized carbons (Fsp3) is 0.444. The Hall–Kier alpha value is -3.44. The quantitative estimate of drug-likeness (QED) is 0.421. The lowest BCUT2D eigenvalue weighted by Gasteiger charge is -2.42. The average molecular weight is 546 g/mol. The fourth-order valence-electron chi connectivity index (χ4n) is 4.23. The molecule has 1 atom stereocenters. The van der Waals surface area contributed by atoms with Crippen molar-refractivity contribution < 1.29 is 32.3 Å². The molecule has 0 saturated carbocycles. The van der Waals surface area contributed by atoms with Crippen LogP contribution in [0.3, 0.4) is 0 Å². The highest BCUT2D eigenvalue weighted by Crippen LogP contribution is 2.26. The monoisotopic (exact) mass is 545 g/mol. The van der Waals surface area contributed by atoms with Gasteiger partial charge in [0.2, 0.25) is 21.8 Å². The van der Waals surface area contributed by atoms with E-state index < -0.39 is 22.0 Å². The molecule has 1 unspecified atom stereocenters. The standard InChI is InChI=1S/C27H35N3O7S/c1-20(2)29(18-22-8-6-5-7-9-22)27(33)25-19-28(21(3)31)15-16-30(25)38(34,35)24-12-10-23(11-13-24)37-17-14-26(32)36-4/h5-13,20,25H,14-19H2,1-4H3. The van der Waals surface area contributed by atoms with Crippen molar-refractivity contribution in [2.24, 2.45) is 0 Å². The summed E-state index contributed by atoms with van der Waals surface area (Å²) in [5, 5.41) is 0. The highest BCUT2D eigenvalue weighted by Gasteiger charge is 2.42. The number of sulfonamides is 1. The molecule has 3 rings (SSSR count). The predicted molar refractivity (Wildman–Crippen MR) is 141 cm³/mol. The third-order valence-corrected chi connectivity index (χ3v) is 8.32. The Morgan fingerprint density at radius 1 is 1.03 bits per heavy atom. The summed E-state index contributed by atoms with van der Waals surface area (Å²) in [4.78, 5) is 40.5. The molecule has 2 amide bonds. The summed E-state index contributed by atoms with van der Waals surface area (Å²) >= 11 is 0. The van der Waals surface area contributed by atoms with E-state index in [1.807, 2.05) is 44.2 Å². The molecular weight excluding hydrogens is 510 g/mol. The summed E-state index contributed by atoms with van der Waals surface area (Å²) in [7, 11) is -2.78. The Morgan fingerprint density at radius 3 is 2.26 bits per heavy atom. The second-order valence-corrected chi connectivity index (χ2v) is 11.2. The molecule has 2 aromatic rings. The van der Waals surface area contributed by atoms with Crippen LogP contribution in [0.1, 0.15) is 32.8 Å². The van der Waals surface area contributed by atoms with Gasteiger partial charge in [-0.15, -0.1) is 0 Å². The van der Waals surface area contributed by atoms with E-state index >= 15 is 0 Å². The lowest BCUT2D eigenvalue weighted by molar-refractivity contribution is -0.142. The van der Waals surface area contributed by atoms with Crippen molar-refractivity contribution in [2.75, 3.05) is 33.4 Å². The maximum absolute atomic E-state index is 13.9. The summed E-state index contributed by atoms with van der Waals surface area (Å²) < 4.78 is 38.7. The third-order valence-electron chi connectivity index (χ3n) is 6.40. The van der Waals surface area contributed by atoms with Gasteiger partial charge in [-0.2, -0.15) is 4.31 Å². The summed E-state index contributed by atoms with van der Waals surface area (Å²) in [6.07, 6.45) is 0.0656. The Kier molecular flexibility index (Phi) is 9.87. The van der Waals surface area contributed by atoms with Crippen molar-refractivity contribution in [1.29, 1.82) is 0 Å². The van der Waals surface area contributed by atoms with E-state index in [1.165, 1.54) is 47.5 Å². The molecule has 1 aliphatic heterocycles. The largest absolute Gasteiger partial charge is 0.493 e. The molecule has 1 fully saturated rings. The van der Waals surface area contributed by atoms with Crippen LogP contribution < -0.4 is 4.74 Å². The van der Waals surface area contributed by atoms with Gasteiger partial charge in [0.25, 0.3) is 0 Å². The van der Waals surface area contributed by atoms with E-state index in [0.29, 0.717) is 12.3 Å². The normalized spacial score (nSPS) is 16.2. The number of ether oxygens (including phenoxy) is 2. The van der Waals surface area contributed by atoms with E-state index in [4.69, 9.17) is 4.74 Å². The number of esters is 1. The second kappa shape index (κ2) is 12.9. The first-order valence-corrected chi connectivity index (χ1v) is 13.9. The van der Waals surface area contributed by atoms with Gasteiger partial charge in [-0.05, 0) is 43.7 Å². The smallest absolute Gasteiger partial charge is 0.308 e. The lowest BCUT2D eigenvalue weighted by atomic mass is 10.1. The summed E-state index contributed by atoms with van der Waals surface area (Å²) in [5.41, 5.74) is 0.922. The number of rotatable bonds is 10. The first kappa shape index (κ1) is 29.1. The van der Waals surface area contributed by atoms with Crippen LogP contribution in [0.5, 0.6) is 5.75 Å². The van der Waals surface area contributed by atoms with Crippen LogP contribution in [0.25, 0.3) is 0 Å². The van der Waals surface area contributed by atoms with E-state index in [9.17, 15) is 22.8 Å². The Balaban J connectivity index is 1.86. The SMILES string of the molecule is COC(=O)CCOc1ccc(S(=O)(=O)N2CCN(C(C)=O)CC2C(=O)N(Cc2ccccc2)C(C)C)cc1. The summed E-state index contributed by atoms with van der Waals surface area (Å²) in [6.45, 7) is 5.73. The fourth-order valence-corrected chi connectivity index (χ4v) is 5.79. The number of amides is 2. The van der Waals surface area contributed by atoms with Gasteiger partial charge < -0.3 is 19.3 Å². The van der Waals surface area contributed by atoms with E-state index in [1.54, 1.807) is 4.90 Å². The first-order valence-electron chi connectivity index (χ1n) is 12.5. The Bertz CT molecular complexity index is 1220. The number of carbonyl (C=O) groups is 3. The first-order chi connectivity index (χ1) is 18.0. The van der Waals surface area contributed by atoms with Crippen molar-refractivity contribution in [3.63, 3.8) is 0 Å². The highest BCUT2D eigenvalue weighted by atomic mass is 32.2.